The van der Waals surface area contributed by atoms with Crippen LogP contribution in [0.25, 0.3) is 0 Å². The highest BCUT2D eigenvalue weighted by Gasteiger charge is 2.20. The first kappa shape index (κ1) is 11.5. The zero-order valence-electron chi connectivity index (χ0n) is 8.06. The fraction of sp³-hybridized carbons (Fsp3) is 0.455. The molecule has 3 heteroatoms. The summed E-state index contributed by atoms with van der Waals surface area (Å²) in [4.78, 5) is 0. The summed E-state index contributed by atoms with van der Waals surface area (Å²) in [5.41, 5.74) is 7.13. The van der Waals surface area contributed by atoms with Crippen molar-refractivity contribution in [1.82, 2.24) is 0 Å². The third kappa shape index (κ3) is 2.71. The van der Waals surface area contributed by atoms with E-state index in [0.717, 1.165) is 19.4 Å². The summed E-state index contributed by atoms with van der Waals surface area (Å²) in [6, 6.07) is 10.6. The van der Waals surface area contributed by atoms with Gasteiger partial charge in [0.05, 0.1) is 6.10 Å². The second kappa shape index (κ2) is 5.35. The molecule has 2 atom stereocenters. The summed E-state index contributed by atoms with van der Waals surface area (Å²) >= 11 is 0. The Balaban J connectivity index is 0.000000980. The van der Waals surface area contributed by atoms with E-state index in [4.69, 9.17) is 10.5 Å². The Kier molecular flexibility index (Phi) is 4.39. The molecule has 0 bridgehead atoms. The maximum atomic E-state index is 5.88. The maximum absolute atomic E-state index is 5.88. The predicted octanol–water partition coefficient (Wildman–Crippen LogP) is 2.29. The standard InChI is InChI=1S/C11H15NO.ClH/c12-10-6-7-13-11(8-10)9-4-2-1-3-5-9;/h1-5,10-11H,6-8,12H2;1H/t10-,11-;/m1./s1. The van der Waals surface area contributed by atoms with Gasteiger partial charge in [-0.15, -0.1) is 12.4 Å². The van der Waals surface area contributed by atoms with Gasteiger partial charge >= 0.3 is 0 Å². The summed E-state index contributed by atoms with van der Waals surface area (Å²) in [7, 11) is 0. The van der Waals surface area contributed by atoms with E-state index in [9.17, 15) is 0 Å². The van der Waals surface area contributed by atoms with Crippen LogP contribution < -0.4 is 5.73 Å². The van der Waals surface area contributed by atoms with Crippen LogP contribution in [0, 0.1) is 0 Å². The average Bonchev–Trinajstić information content (AvgIpc) is 2.19. The summed E-state index contributed by atoms with van der Waals surface area (Å²) in [5.74, 6) is 0. The van der Waals surface area contributed by atoms with Gasteiger partial charge in [0.1, 0.15) is 0 Å². The molecule has 1 aromatic carbocycles. The number of halogens is 1. The van der Waals surface area contributed by atoms with Crippen molar-refractivity contribution < 1.29 is 4.74 Å². The van der Waals surface area contributed by atoms with Gasteiger partial charge < -0.3 is 10.5 Å². The first-order valence-electron chi connectivity index (χ1n) is 4.78. The van der Waals surface area contributed by atoms with Crippen LogP contribution >= 0.6 is 12.4 Å². The van der Waals surface area contributed by atoms with Crippen LogP contribution in [0.5, 0.6) is 0 Å². The predicted molar refractivity (Wildman–Crippen MR) is 59.6 cm³/mol. The van der Waals surface area contributed by atoms with Crippen molar-refractivity contribution in [3.05, 3.63) is 35.9 Å². The molecule has 0 aliphatic carbocycles. The smallest absolute Gasteiger partial charge is 0.0839 e. The van der Waals surface area contributed by atoms with Crippen LogP contribution in [0.1, 0.15) is 24.5 Å². The molecule has 0 amide bonds. The van der Waals surface area contributed by atoms with E-state index in [1.54, 1.807) is 0 Å². The average molecular weight is 214 g/mol. The topological polar surface area (TPSA) is 35.2 Å². The Morgan fingerprint density at radius 1 is 1.21 bits per heavy atom. The molecule has 1 aliphatic rings. The molecule has 1 fully saturated rings. The molecule has 0 saturated carbocycles. The molecule has 1 aliphatic heterocycles. The Hall–Kier alpha value is -0.570. The fourth-order valence-corrected chi connectivity index (χ4v) is 1.72. The maximum Gasteiger partial charge on any atom is 0.0839 e. The van der Waals surface area contributed by atoms with E-state index in [2.05, 4.69) is 12.1 Å². The second-order valence-corrected chi connectivity index (χ2v) is 3.55. The summed E-state index contributed by atoms with van der Waals surface area (Å²) in [6.07, 6.45) is 2.15. The zero-order valence-corrected chi connectivity index (χ0v) is 8.87. The van der Waals surface area contributed by atoms with Crippen LogP contribution in [-0.2, 0) is 4.74 Å². The molecule has 1 aromatic rings. The molecule has 1 heterocycles. The van der Waals surface area contributed by atoms with Crippen molar-refractivity contribution in [2.24, 2.45) is 5.73 Å². The highest BCUT2D eigenvalue weighted by molar-refractivity contribution is 5.85. The van der Waals surface area contributed by atoms with Crippen molar-refractivity contribution in [2.75, 3.05) is 6.61 Å². The van der Waals surface area contributed by atoms with E-state index < -0.39 is 0 Å². The molecule has 14 heavy (non-hydrogen) atoms. The van der Waals surface area contributed by atoms with Crippen LogP contribution in [0.3, 0.4) is 0 Å². The zero-order chi connectivity index (χ0) is 9.10. The number of hydrogen-bond donors (Lipinski definition) is 1. The van der Waals surface area contributed by atoms with Crippen molar-refractivity contribution >= 4 is 12.4 Å². The first-order chi connectivity index (χ1) is 6.36. The normalized spacial score (nSPS) is 26.6. The minimum absolute atomic E-state index is 0. The van der Waals surface area contributed by atoms with Gasteiger partial charge in [-0.3, -0.25) is 0 Å². The van der Waals surface area contributed by atoms with E-state index in [1.165, 1.54) is 5.56 Å². The number of nitrogens with two attached hydrogens (primary N) is 1. The van der Waals surface area contributed by atoms with Gasteiger partial charge in [-0.05, 0) is 18.4 Å². The third-order valence-electron chi connectivity index (χ3n) is 2.50. The Morgan fingerprint density at radius 2 is 1.93 bits per heavy atom. The molecular weight excluding hydrogens is 198 g/mol. The molecule has 2 nitrogen and oxygen atoms in total. The fourth-order valence-electron chi connectivity index (χ4n) is 1.72. The molecule has 0 unspecified atom stereocenters. The number of hydrogen-bond acceptors (Lipinski definition) is 2. The highest BCUT2D eigenvalue weighted by Crippen LogP contribution is 2.26. The van der Waals surface area contributed by atoms with Crippen molar-refractivity contribution in [3.8, 4) is 0 Å². The Bertz CT molecular complexity index is 265. The van der Waals surface area contributed by atoms with Crippen LogP contribution in [-0.4, -0.2) is 12.6 Å². The van der Waals surface area contributed by atoms with E-state index in [0.29, 0.717) is 6.04 Å². The van der Waals surface area contributed by atoms with Crippen LogP contribution in [0.2, 0.25) is 0 Å². The number of benzene rings is 1. The molecule has 78 valence electrons. The van der Waals surface area contributed by atoms with Gasteiger partial charge in [0, 0.05) is 12.6 Å². The quantitative estimate of drug-likeness (QED) is 0.777. The van der Waals surface area contributed by atoms with Gasteiger partial charge in [-0.2, -0.15) is 0 Å². The Labute approximate surface area is 90.9 Å². The monoisotopic (exact) mass is 213 g/mol. The minimum Gasteiger partial charge on any atom is -0.373 e. The van der Waals surface area contributed by atoms with Gasteiger partial charge in [0.25, 0.3) is 0 Å². The van der Waals surface area contributed by atoms with Gasteiger partial charge in [-0.1, -0.05) is 30.3 Å². The van der Waals surface area contributed by atoms with Crippen molar-refractivity contribution in [2.45, 2.75) is 25.0 Å². The lowest BCUT2D eigenvalue weighted by Gasteiger charge is -2.27. The molecular formula is C11H16ClNO. The molecule has 2 N–H and O–H groups in total. The van der Waals surface area contributed by atoms with Crippen LogP contribution in [0.4, 0.5) is 0 Å². The summed E-state index contributed by atoms with van der Waals surface area (Å²) in [5, 5.41) is 0. The van der Waals surface area contributed by atoms with E-state index in [1.807, 2.05) is 18.2 Å². The summed E-state index contributed by atoms with van der Waals surface area (Å²) < 4.78 is 5.65. The SMILES string of the molecule is Cl.N[C@@H]1CCO[C@@H](c2ccccc2)C1. The largest absolute Gasteiger partial charge is 0.373 e. The molecule has 0 radical (unpaired) electrons. The van der Waals surface area contributed by atoms with Gasteiger partial charge in [-0.25, -0.2) is 0 Å². The van der Waals surface area contributed by atoms with E-state index >= 15 is 0 Å². The van der Waals surface area contributed by atoms with Crippen molar-refractivity contribution in [3.63, 3.8) is 0 Å². The number of rotatable bonds is 1. The second-order valence-electron chi connectivity index (χ2n) is 3.55. The lowest BCUT2D eigenvalue weighted by molar-refractivity contribution is 0.00668. The minimum atomic E-state index is 0. The first-order valence-corrected chi connectivity index (χ1v) is 4.78. The van der Waals surface area contributed by atoms with E-state index in [-0.39, 0.29) is 18.5 Å². The molecule has 2 rings (SSSR count). The molecule has 1 saturated heterocycles. The lowest BCUT2D eigenvalue weighted by Crippen LogP contribution is -2.30. The lowest BCUT2D eigenvalue weighted by atomic mass is 9.98. The van der Waals surface area contributed by atoms with Gasteiger partial charge in [0.15, 0.2) is 0 Å². The third-order valence-corrected chi connectivity index (χ3v) is 2.50. The molecule has 0 spiro atoms. The Morgan fingerprint density at radius 3 is 2.57 bits per heavy atom. The summed E-state index contributed by atoms with van der Waals surface area (Å²) in [6.45, 7) is 0.792. The molecule has 0 aromatic heterocycles. The van der Waals surface area contributed by atoms with Crippen LogP contribution in [0.15, 0.2) is 30.3 Å². The highest BCUT2D eigenvalue weighted by atomic mass is 35.5. The van der Waals surface area contributed by atoms with Gasteiger partial charge in [0.2, 0.25) is 0 Å². The van der Waals surface area contributed by atoms with Crippen molar-refractivity contribution in [1.29, 1.82) is 0 Å². The number of ether oxygens (including phenoxy) is 1.